The Kier molecular flexibility index (Phi) is 3.20. The van der Waals surface area contributed by atoms with Crippen LogP contribution in [-0.4, -0.2) is 10.4 Å². The van der Waals surface area contributed by atoms with Gasteiger partial charge in [0.2, 0.25) is 0 Å². The van der Waals surface area contributed by atoms with Crippen molar-refractivity contribution < 1.29 is 9.18 Å². The number of ketones is 1. The summed E-state index contributed by atoms with van der Waals surface area (Å²) in [5.41, 5.74) is 3.07. The first kappa shape index (κ1) is 12.2. The molecule has 0 radical (unpaired) electrons. The van der Waals surface area contributed by atoms with Crippen molar-refractivity contribution in [3.05, 3.63) is 59.2 Å². The number of carbonyl (C=O) groups excluding carboxylic acids is 1. The number of fused-ring (bicyclic) bond motifs is 1. The number of aryl methyl sites for hydroxylation is 1. The minimum atomic E-state index is -0.220. The van der Waals surface area contributed by atoms with Crippen LogP contribution in [0.5, 0.6) is 0 Å². The summed E-state index contributed by atoms with van der Waals surface area (Å²) in [5, 5.41) is 0. The normalized spacial score (nSPS) is 15.1. The highest BCUT2D eigenvalue weighted by atomic mass is 19.1. The number of benzene rings is 1. The zero-order valence-electron chi connectivity index (χ0n) is 10.7. The smallest absolute Gasteiger partial charge is 0.164 e. The van der Waals surface area contributed by atoms with Crippen molar-refractivity contribution in [2.45, 2.75) is 32.2 Å². The van der Waals surface area contributed by atoms with Crippen molar-refractivity contribution in [3.63, 3.8) is 0 Å². The van der Waals surface area contributed by atoms with E-state index in [1.807, 2.05) is 10.8 Å². The van der Waals surface area contributed by atoms with Gasteiger partial charge in [-0.3, -0.25) is 4.79 Å². The zero-order chi connectivity index (χ0) is 13.2. The number of rotatable bonds is 2. The Morgan fingerprint density at radius 1 is 1.05 bits per heavy atom. The minimum absolute atomic E-state index is 0.220. The molecule has 1 aliphatic carbocycles. The quantitative estimate of drug-likeness (QED) is 0.754. The van der Waals surface area contributed by atoms with Gasteiger partial charge in [0, 0.05) is 30.9 Å². The first-order valence-electron chi connectivity index (χ1n) is 6.69. The lowest BCUT2D eigenvalue weighted by Crippen LogP contribution is -1.99. The molecule has 1 aliphatic rings. The third-order valence-corrected chi connectivity index (χ3v) is 3.64. The van der Waals surface area contributed by atoms with E-state index in [1.165, 1.54) is 12.1 Å². The number of aromatic nitrogens is 1. The molecule has 0 aliphatic heterocycles. The number of Topliss-reactive ketones (excluding diaryl/α,β-unsaturated/α-hetero) is 1. The molecule has 0 spiro atoms. The van der Waals surface area contributed by atoms with Crippen molar-refractivity contribution >= 4 is 5.78 Å². The predicted octanol–water partition coefficient (Wildman–Crippen LogP) is 3.58. The molecular formula is C16H16FNO. The van der Waals surface area contributed by atoms with Crippen molar-refractivity contribution in [1.29, 1.82) is 0 Å². The van der Waals surface area contributed by atoms with E-state index in [-0.39, 0.29) is 11.6 Å². The Labute approximate surface area is 111 Å². The molecule has 0 saturated heterocycles. The lowest BCUT2D eigenvalue weighted by Gasteiger charge is -2.03. The molecule has 19 heavy (non-hydrogen) atoms. The SMILES string of the molecule is O=C1CCCCc2cn(Cc3ccc(F)cc3)cc21. The second kappa shape index (κ2) is 5.00. The van der Waals surface area contributed by atoms with Crippen LogP contribution >= 0.6 is 0 Å². The number of carbonyl (C=O) groups is 1. The largest absolute Gasteiger partial charge is 0.349 e. The Morgan fingerprint density at radius 3 is 2.58 bits per heavy atom. The van der Waals surface area contributed by atoms with Crippen LogP contribution in [0, 0.1) is 5.82 Å². The Balaban J connectivity index is 1.84. The van der Waals surface area contributed by atoms with E-state index in [0.29, 0.717) is 13.0 Å². The highest BCUT2D eigenvalue weighted by Crippen LogP contribution is 2.22. The molecule has 1 heterocycles. The van der Waals surface area contributed by atoms with Gasteiger partial charge in [0.15, 0.2) is 5.78 Å². The van der Waals surface area contributed by atoms with Gasteiger partial charge in [0.25, 0.3) is 0 Å². The van der Waals surface area contributed by atoms with Crippen LogP contribution in [0.3, 0.4) is 0 Å². The number of nitrogens with zero attached hydrogens (tertiary/aromatic N) is 1. The summed E-state index contributed by atoms with van der Waals surface area (Å²) in [6.45, 7) is 0.681. The summed E-state index contributed by atoms with van der Waals surface area (Å²) in [6, 6.07) is 6.49. The standard InChI is InChI=1S/C16H16FNO/c17-14-7-5-12(6-8-14)9-18-10-13-3-1-2-4-16(19)15(13)11-18/h5-8,10-11H,1-4,9H2. The average Bonchev–Trinajstić information content (AvgIpc) is 2.72. The van der Waals surface area contributed by atoms with Gasteiger partial charge >= 0.3 is 0 Å². The van der Waals surface area contributed by atoms with Crippen LogP contribution in [0.1, 0.15) is 40.7 Å². The molecule has 2 aromatic rings. The molecule has 0 amide bonds. The van der Waals surface area contributed by atoms with E-state index >= 15 is 0 Å². The molecule has 1 aromatic heterocycles. The molecule has 0 N–H and O–H groups in total. The van der Waals surface area contributed by atoms with Crippen LogP contribution in [-0.2, 0) is 13.0 Å². The lowest BCUT2D eigenvalue weighted by molar-refractivity contribution is 0.0982. The minimum Gasteiger partial charge on any atom is -0.349 e. The first-order chi connectivity index (χ1) is 9.22. The highest BCUT2D eigenvalue weighted by molar-refractivity contribution is 5.97. The molecule has 0 bridgehead atoms. The van der Waals surface area contributed by atoms with Crippen LogP contribution in [0.25, 0.3) is 0 Å². The van der Waals surface area contributed by atoms with Gasteiger partial charge < -0.3 is 4.57 Å². The van der Waals surface area contributed by atoms with Crippen molar-refractivity contribution in [2.75, 3.05) is 0 Å². The van der Waals surface area contributed by atoms with E-state index in [1.54, 1.807) is 12.1 Å². The molecule has 0 saturated carbocycles. The summed E-state index contributed by atoms with van der Waals surface area (Å²) in [7, 11) is 0. The third-order valence-electron chi connectivity index (χ3n) is 3.64. The first-order valence-corrected chi connectivity index (χ1v) is 6.69. The second-order valence-electron chi connectivity index (χ2n) is 5.13. The van der Waals surface area contributed by atoms with Gasteiger partial charge in [0.1, 0.15) is 5.82 Å². The Hall–Kier alpha value is -1.90. The number of halogens is 1. The monoisotopic (exact) mass is 257 g/mol. The fourth-order valence-corrected chi connectivity index (χ4v) is 2.63. The summed E-state index contributed by atoms with van der Waals surface area (Å²) in [6.07, 6.45) is 7.71. The second-order valence-corrected chi connectivity index (χ2v) is 5.13. The summed E-state index contributed by atoms with van der Waals surface area (Å²) < 4.78 is 14.9. The van der Waals surface area contributed by atoms with Crippen LogP contribution in [0.15, 0.2) is 36.7 Å². The fraction of sp³-hybridized carbons (Fsp3) is 0.312. The van der Waals surface area contributed by atoms with E-state index in [9.17, 15) is 9.18 Å². The van der Waals surface area contributed by atoms with Crippen LogP contribution in [0.4, 0.5) is 4.39 Å². The third kappa shape index (κ3) is 2.60. The van der Waals surface area contributed by atoms with Gasteiger partial charge in [-0.25, -0.2) is 4.39 Å². The van der Waals surface area contributed by atoms with Gasteiger partial charge in [-0.05, 0) is 42.5 Å². The maximum absolute atomic E-state index is 12.9. The van der Waals surface area contributed by atoms with Crippen LogP contribution < -0.4 is 0 Å². The highest BCUT2D eigenvalue weighted by Gasteiger charge is 2.17. The Bertz CT molecular complexity index is 598. The lowest BCUT2D eigenvalue weighted by atomic mass is 10.1. The predicted molar refractivity (Wildman–Crippen MR) is 71.8 cm³/mol. The van der Waals surface area contributed by atoms with Crippen molar-refractivity contribution in [1.82, 2.24) is 4.57 Å². The topological polar surface area (TPSA) is 22.0 Å². The van der Waals surface area contributed by atoms with Crippen molar-refractivity contribution in [3.8, 4) is 0 Å². The summed E-state index contributed by atoms with van der Waals surface area (Å²) in [4.78, 5) is 12.0. The molecule has 0 unspecified atom stereocenters. The van der Waals surface area contributed by atoms with Crippen LogP contribution in [0.2, 0.25) is 0 Å². The van der Waals surface area contributed by atoms with E-state index < -0.39 is 0 Å². The maximum atomic E-state index is 12.9. The summed E-state index contributed by atoms with van der Waals surface area (Å²) in [5.74, 6) is 0.0348. The average molecular weight is 257 g/mol. The van der Waals surface area contributed by atoms with E-state index in [4.69, 9.17) is 0 Å². The molecule has 3 rings (SSSR count). The van der Waals surface area contributed by atoms with Gasteiger partial charge in [-0.15, -0.1) is 0 Å². The van der Waals surface area contributed by atoms with E-state index in [0.717, 1.165) is 36.0 Å². The maximum Gasteiger partial charge on any atom is 0.164 e. The fourth-order valence-electron chi connectivity index (χ4n) is 2.63. The van der Waals surface area contributed by atoms with Gasteiger partial charge in [-0.2, -0.15) is 0 Å². The van der Waals surface area contributed by atoms with Crippen molar-refractivity contribution in [2.24, 2.45) is 0 Å². The molecular weight excluding hydrogens is 241 g/mol. The molecule has 3 heteroatoms. The van der Waals surface area contributed by atoms with E-state index in [2.05, 4.69) is 6.20 Å². The zero-order valence-corrected chi connectivity index (χ0v) is 10.7. The van der Waals surface area contributed by atoms with Gasteiger partial charge in [0.05, 0.1) is 0 Å². The van der Waals surface area contributed by atoms with Gasteiger partial charge in [-0.1, -0.05) is 12.1 Å². The molecule has 1 aromatic carbocycles. The number of hydrogen-bond donors (Lipinski definition) is 0. The molecule has 98 valence electrons. The molecule has 0 fully saturated rings. The molecule has 0 atom stereocenters. The number of hydrogen-bond acceptors (Lipinski definition) is 1. The summed E-state index contributed by atoms with van der Waals surface area (Å²) >= 11 is 0. The molecule has 2 nitrogen and oxygen atoms in total. The Morgan fingerprint density at radius 2 is 1.79 bits per heavy atom.